The summed E-state index contributed by atoms with van der Waals surface area (Å²) in [6.45, 7) is 5.63. The minimum absolute atomic E-state index is 0.0152. The van der Waals surface area contributed by atoms with Gasteiger partial charge in [0.05, 0.1) is 0 Å². The van der Waals surface area contributed by atoms with Crippen molar-refractivity contribution in [2.45, 2.75) is 33.0 Å². The minimum atomic E-state index is -0.623. The molecule has 2 aromatic rings. The van der Waals surface area contributed by atoms with Gasteiger partial charge in [0.15, 0.2) is 0 Å². The predicted molar refractivity (Wildman–Crippen MR) is 114 cm³/mol. The Morgan fingerprint density at radius 3 is 2.40 bits per heavy atom. The second-order valence-electron chi connectivity index (χ2n) is 6.57. The van der Waals surface area contributed by atoms with Crippen molar-refractivity contribution in [3.05, 3.63) is 23.0 Å². The van der Waals surface area contributed by atoms with Gasteiger partial charge in [-0.05, 0) is 6.92 Å². The summed E-state index contributed by atoms with van der Waals surface area (Å²) >= 11 is 0. The zero-order valence-electron chi connectivity index (χ0n) is 17.0. The van der Waals surface area contributed by atoms with Crippen LogP contribution in [0.2, 0.25) is 0 Å². The van der Waals surface area contributed by atoms with Crippen LogP contribution in [0.15, 0.2) is 16.3 Å². The molecule has 2 atom stereocenters. The van der Waals surface area contributed by atoms with Crippen LogP contribution in [0.3, 0.4) is 0 Å². The van der Waals surface area contributed by atoms with Gasteiger partial charge in [0.1, 0.15) is 0 Å². The van der Waals surface area contributed by atoms with Crippen molar-refractivity contribution < 1.29 is 10.2 Å². The van der Waals surface area contributed by atoms with Crippen LogP contribution in [-0.2, 0) is 0 Å². The van der Waals surface area contributed by atoms with Crippen molar-refractivity contribution in [3.8, 4) is 12.1 Å². The van der Waals surface area contributed by atoms with Gasteiger partial charge >= 0.3 is 162 Å². The normalized spacial score (nSPS) is 12.7. The zero-order chi connectivity index (χ0) is 22.3. The van der Waals surface area contributed by atoms with E-state index in [-0.39, 0.29) is 23.9 Å². The topological polar surface area (TPSA) is 168 Å². The molecule has 0 bridgehead atoms. The van der Waals surface area contributed by atoms with Crippen LogP contribution in [0.5, 0.6) is 0 Å². The Balaban J connectivity index is 2.47. The fourth-order valence-electron chi connectivity index (χ4n) is 2.45. The summed E-state index contributed by atoms with van der Waals surface area (Å²) in [7, 11) is 3.61. The van der Waals surface area contributed by atoms with E-state index in [9.17, 15) is 15.5 Å². The van der Waals surface area contributed by atoms with Crippen molar-refractivity contribution in [2.24, 2.45) is 10.2 Å². The van der Waals surface area contributed by atoms with Gasteiger partial charge in [-0.15, -0.1) is 0 Å². The number of azo groups is 1. The molecule has 0 aliphatic carbocycles. The second kappa shape index (κ2) is 10.3. The molecule has 0 amide bonds. The van der Waals surface area contributed by atoms with Gasteiger partial charge < -0.3 is 5.11 Å². The number of hydrogen-bond donors (Lipinski definition) is 4. The Kier molecular flexibility index (Phi) is 7.75. The fraction of sp³-hybridized carbons (Fsp3) is 0.389. The molecule has 0 aliphatic rings. The molecule has 154 valence electrons. The molecule has 0 aromatic carbocycles. The van der Waals surface area contributed by atoms with Crippen LogP contribution in [0, 0.1) is 29.6 Å². The Labute approximate surface area is 174 Å². The molecule has 11 nitrogen and oxygen atoms in total. The Morgan fingerprint density at radius 1 is 1.17 bits per heavy atom. The monoisotopic (exact) mass is 407 g/mol. The maximum absolute atomic E-state index is 9.60. The van der Waals surface area contributed by atoms with E-state index in [1.807, 2.05) is 12.1 Å². The Hall–Kier alpha value is -3.61. The molecule has 0 saturated carbocycles. The number of rotatable bonds is 9. The van der Waals surface area contributed by atoms with E-state index in [1.54, 1.807) is 26.8 Å². The number of aryl methyl sites for hydroxylation is 1. The van der Waals surface area contributed by atoms with Crippen LogP contribution in [0.25, 0.3) is 0 Å². The van der Waals surface area contributed by atoms with Crippen LogP contribution in [-0.4, -0.2) is 63.6 Å². The van der Waals surface area contributed by atoms with E-state index in [2.05, 4.69) is 38.3 Å². The predicted octanol–water partition coefficient (Wildman–Crippen LogP) is 0.839. The number of aliphatic hydroxyl groups excluding tert-OH is 2. The number of aliphatic hydroxyl groups is 2. The van der Waals surface area contributed by atoms with Crippen molar-refractivity contribution in [3.63, 3.8) is 0 Å². The summed E-state index contributed by atoms with van der Waals surface area (Å²) in [5.74, 6) is 0.910. The van der Waals surface area contributed by atoms with Crippen molar-refractivity contribution in [1.82, 2.24) is 14.5 Å². The average molecular weight is 407 g/mol. The third-order valence-corrected chi connectivity index (χ3v) is 3.85. The molecule has 2 unspecified atom stereocenters. The van der Waals surface area contributed by atoms with Crippen LogP contribution in [0.4, 0.5) is 23.3 Å². The number of imidazole rings is 1. The molecular weight excluding hydrogens is 385 g/mol. The number of nitrogens with one attached hydrogen (secondary N) is 2. The molecule has 2 aromatic heterocycles. The summed E-state index contributed by atoms with van der Waals surface area (Å²) in [5.41, 5.74) is 1.05. The van der Waals surface area contributed by atoms with Gasteiger partial charge in [-0.1, -0.05) is 0 Å². The summed E-state index contributed by atoms with van der Waals surface area (Å²) < 4.78 is 1.27. The van der Waals surface area contributed by atoms with Crippen LogP contribution < -0.4 is 10.6 Å². The first-order chi connectivity index (χ1) is 14.3. The van der Waals surface area contributed by atoms with Crippen molar-refractivity contribution >= 4 is 36.8 Å². The maximum atomic E-state index is 9.60. The summed E-state index contributed by atoms with van der Waals surface area (Å²) in [6, 6.07) is 5.48. The Morgan fingerprint density at radius 2 is 1.83 bits per heavy atom. The van der Waals surface area contributed by atoms with Gasteiger partial charge in [-0.3, -0.25) is 0 Å². The average Bonchev–Trinajstić information content (AvgIpc) is 3.06. The molecule has 0 radical (unpaired) electrons. The van der Waals surface area contributed by atoms with E-state index < -0.39 is 12.2 Å². The van der Waals surface area contributed by atoms with E-state index in [0.717, 1.165) is 0 Å². The molecule has 12 heteroatoms. The number of aromatic nitrogens is 3. The van der Waals surface area contributed by atoms with Crippen molar-refractivity contribution in [1.29, 1.82) is 10.5 Å². The van der Waals surface area contributed by atoms with Gasteiger partial charge in [-0.2, -0.15) is 0 Å². The molecule has 0 fully saturated rings. The molecule has 2 heterocycles. The number of nitrogens with zero attached hydrogens (tertiary/aromatic N) is 7. The molecule has 0 saturated heterocycles. The quantitative estimate of drug-likeness (QED) is 0.350. The molecule has 0 spiro atoms. The van der Waals surface area contributed by atoms with Crippen LogP contribution >= 0.6 is 0 Å². The van der Waals surface area contributed by atoms with Crippen LogP contribution in [0.1, 0.15) is 30.8 Å². The molecule has 4 N–H and O–H groups in total. The first kappa shape index (κ1) is 22.7. The number of hydrogen-bond acceptors (Lipinski definition) is 10. The third-order valence-electron chi connectivity index (χ3n) is 3.85. The SMILES string of the molecule is B=Cn1c(N=Nc2c(C)cc(NCC(C)O)nc2NCC(C)O)nc(C#N)c1C#N. The van der Waals surface area contributed by atoms with Gasteiger partial charge in [0, 0.05) is 0 Å². The van der Waals surface area contributed by atoms with Gasteiger partial charge in [-0.25, -0.2) is 0 Å². The molecule has 0 aliphatic heterocycles. The zero-order valence-corrected chi connectivity index (χ0v) is 17.0. The number of pyridine rings is 1. The summed E-state index contributed by atoms with van der Waals surface area (Å²) in [4.78, 5) is 8.45. The van der Waals surface area contributed by atoms with E-state index >= 15 is 0 Å². The molecule has 2 rings (SSSR count). The Bertz CT molecular complexity index is 1030. The number of anilines is 2. The third kappa shape index (κ3) is 5.47. The first-order valence-corrected chi connectivity index (χ1v) is 9.12. The van der Waals surface area contributed by atoms with E-state index in [0.29, 0.717) is 29.4 Å². The van der Waals surface area contributed by atoms with E-state index in [1.165, 1.54) is 10.7 Å². The van der Waals surface area contributed by atoms with E-state index in [4.69, 9.17) is 5.26 Å². The molecule has 30 heavy (non-hydrogen) atoms. The fourth-order valence-corrected chi connectivity index (χ4v) is 2.45. The summed E-state index contributed by atoms with van der Waals surface area (Å²) in [6.07, 6.45) is 0.144. The second-order valence-corrected chi connectivity index (χ2v) is 6.57. The van der Waals surface area contributed by atoms with Gasteiger partial charge in [0.25, 0.3) is 0 Å². The van der Waals surface area contributed by atoms with Crippen molar-refractivity contribution in [2.75, 3.05) is 23.7 Å². The first-order valence-electron chi connectivity index (χ1n) is 9.12. The molecular formula is C18H22BN9O2. The number of nitriles is 2. The standard InChI is InChI=1S/C18H22BN9O2/c1-10-4-15(22-7-11(2)29)25-17(23-8-12(3)30)16(10)26-27-18-24-13(5-20)14(6-21)28(18)9-19/h4,9,11-12,19,29-30H,7-8H2,1-3H3,(H2,22,23,25). The van der Waals surface area contributed by atoms with Gasteiger partial charge in [0.2, 0.25) is 0 Å². The summed E-state index contributed by atoms with van der Waals surface area (Å²) in [5, 5.41) is 51.8.